The van der Waals surface area contributed by atoms with Gasteiger partial charge in [0.1, 0.15) is 12.4 Å². The molecule has 1 aromatic rings. The van der Waals surface area contributed by atoms with E-state index in [1.165, 1.54) is 18.4 Å². The van der Waals surface area contributed by atoms with Crippen LogP contribution in [0.25, 0.3) is 0 Å². The summed E-state index contributed by atoms with van der Waals surface area (Å²) in [5.41, 5.74) is 1.45. The summed E-state index contributed by atoms with van der Waals surface area (Å²) < 4.78 is 5.63. The van der Waals surface area contributed by atoms with Gasteiger partial charge in [0, 0.05) is 5.75 Å². The largest absolute Gasteiger partial charge is 0.491 e. The Morgan fingerprint density at radius 3 is 2.40 bits per heavy atom. The molecule has 0 saturated carbocycles. The maximum absolute atomic E-state index is 9.85. The lowest BCUT2D eigenvalue weighted by Crippen LogP contribution is -2.20. The quantitative estimate of drug-likeness (QED) is 0.727. The normalized spacial score (nSPS) is 13.2. The van der Waals surface area contributed by atoms with Gasteiger partial charge in [-0.25, -0.2) is 0 Å². The van der Waals surface area contributed by atoms with Gasteiger partial charge in [0.25, 0.3) is 0 Å². The molecular weight excluding hydrogens is 268 g/mol. The zero-order valence-electron chi connectivity index (χ0n) is 13.2. The summed E-state index contributed by atoms with van der Waals surface area (Å²) >= 11 is 1.80. The fraction of sp³-hybridized carbons (Fsp3) is 0.647. The third-order valence-corrected chi connectivity index (χ3v) is 4.31. The molecule has 0 saturated heterocycles. The second-order valence-electron chi connectivity index (χ2n) is 6.17. The van der Waals surface area contributed by atoms with Gasteiger partial charge in [-0.1, -0.05) is 46.2 Å². The lowest BCUT2D eigenvalue weighted by Gasteiger charge is -2.19. The minimum atomic E-state index is -0.390. The van der Waals surface area contributed by atoms with Crippen molar-refractivity contribution in [1.29, 1.82) is 0 Å². The third-order valence-electron chi connectivity index (χ3n) is 3.12. The topological polar surface area (TPSA) is 29.5 Å². The summed E-state index contributed by atoms with van der Waals surface area (Å²) in [6, 6.07) is 8.16. The van der Waals surface area contributed by atoms with Crippen LogP contribution in [0.4, 0.5) is 0 Å². The van der Waals surface area contributed by atoms with Crippen molar-refractivity contribution in [3.05, 3.63) is 29.8 Å². The predicted molar refractivity (Wildman–Crippen MR) is 88.9 cm³/mol. The Bertz CT molecular complexity index is 368. The van der Waals surface area contributed by atoms with E-state index in [9.17, 15) is 5.11 Å². The van der Waals surface area contributed by atoms with Gasteiger partial charge in [-0.05, 0) is 35.3 Å². The Balaban J connectivity index is 2.31. The number of unbranched alkanes of at least 4 members (excludes halogenated alkanes) is 1. The van der Waals surface area contributed by atoms with E-state index in [2.05, 4.69) is 39.8 Å². The first-order chi connectivity index (χ1) is 9.43. The van der Waals surface area contributed by atoms with Crippen molar-refractivity contribution >= 4 is 11.8 Å². The van der Waals surface area contributed by atoms with E-state index in [1.807, 2.05) is 12.1 Å². The van der Waals surface area contributed by atoms with Gasteiger partial charge < -0.3 is 9.84 Å². The minimum Gasteiger partial charge on any atom is -0.491 e. The average molecular weight is 296 g/mol. The Morgan fingerprint density at radius 1 is 1.20 bits per heavy atom. The van der Waals surface area contributed by atoms with Gasteiger partial charge in [0.2, 0.25) is 0 Å². The molecule has 0 aliphatic heterocycles. The Hall–Kier alpha value is -0.670. The highest BCUT2D eigenvalue weighted by atomic mass is 32.2. The van der Waals surface area contributed by atoms with Gasteiger partial charge in [-0.15, -0.1) is 0 Å². The lowest BCUT2D eigenvalue weighted by molar-refractivity contribution is 0.126. The fourth-order valence-electron chi connectivity index (χ4n) is 1.76. The van der Waals surface area contributed by atoms with Crippen molar-refractivity contribution in [2.24, 2.45) is 0 Å². The number of hydrogen-bond donors (Lipinski definition) is 1. The molecule has 20 heavy (non-hydrogen) atoms. The van der Waals surface area contributed by atoms with Crippen molar-refractivity contribution in [2.45, 2.75) is 52.1 Å². The minimum absolute atomic E-state index is 0.161. The maximum Gasteiger partial charge on any atom is 0.119 e. The van der Waals surface area contributed by atoms with E-state index in [0.29, 0.717) is 6.61 Å². The van der Waals surface area contributed by atoms with Crippen molar-refractivity contribution in [3.63, 3.8) is 0 Å². The van der Waals surface area contributed by atoms with E-state index in [-0.39, 0.29) is 11.5 Å². The molecule has 0 aliphatic rings. The Labute approximate surface area is 127 Å². The molecule has 114 valence electrons. The molecule has 2 nitrogen and oxygen atoms in total. The van der Waals surface area contributed by atoms with E-state index < -0.39 is 0 Å². The number of hydrogen-bond acceptors (Lipinski definition) is 3. The zero-order valence-corrected chi connectivity index (χ0v) is 14.0. The number of thioether (sulfide) groups is 1. The van der Waals surface area contributed by atoms with Crippen LogP contribution in [0.2, 0.25) is 0 Å². The molecule has 0 spiro atoms. The first-order valence-electron chi connectivity index (χ1n) is 7.42. The molecular formula is C17H28O2S. The number of aliphatic hydroxyl groups is 1. The molecule has 1 atom stereocenters. The summed E-state index contributed by atoms with van der Waals surface area (Å²) in [5, 5.41) is 9.85. The van der Waals surface area contributed by atoms with Crippen LogP contribution in [-0.4, -0.2) is 29.3 Å². The van der Waals surface area contributed by atoms with Crippen LogP contribution in [0.5, 0.6) is 5.75 Å². The van der Waals surface area contributed by atoms with Crippen molar-refractivity contribution in [3.8, 4) is 5.75 Å². The molecule has 0 heterocycles. The predicted octanol–water partition coefficient (Wildman–Crippen LogP) is 4.26. The molecule has 1 aromatic carbocycles. The number of rotatable bonds is 8. The molecule has 0 aromatic heterocycles. The van der Waals surface area contributed by atoms with E-state index >= 15 is 0 Å². The molecule has 0 amide bonds. The van der Waals surface area contributed by atoms with Crippen LogP contribution in [0.15, 0.2) is 24.3 Å². The van der Waals surface area contributed by atoms with Gasteiger partial charge in [0.05, 0.1) is 6.10 Å². The molecule has 3 heteroatoms. The van der Waals surface area contributed by atoms with Crippen LogP contribution >= 0.6 is 11.8 Å². The van der Waals surface area contributed by atoms with Crippen molar-refractivity contribution < 1.29 is 9.84 Å². The van der Waals surface area contributed by atoms with Gasteiger partial charge in [-0.2, -0.15) is 11.8 Å². The van der Waals surface area contributed by atoms with Crippen LogP contribution in [0.3, 0.4) is 0 Å². The first-order valence-corrected chi connectivity index (χ1v) is 8.58. The molecule has 1 N–H and O–H groups in total. The highest BCUT2D eigenvalue weighted by molar-refractivity contribution is 7.99. The highest BCUT2D eigenvalue weighted by Crippen LogP contribution is 2.24. The summed E-state index contributed by atoms with van der Waals surface area (Å²) in [6.45, 7) is 9.13. The first kappa shape index (κ1) is 17.4. The lowest BCUT2D eigenvalue weighted by atomic mass is 9.87. The van der Waals surface area contributed by atoms with Crippen LogP contribution in [-0.2, 0) is 5.41 Å². The molecule has 1 rings (SSSR count). The van der Waals surface area contributed by atoms with Gasteiger partial charge in [-0.3, -0.25) is 0 Å². The number of benzene rings is 1. The Morgan fingerprint density at radius 2 is 1.85 bits per heavy atom. The third kappa shape index (κ3) is 6.67. The van der Waals surface area contributed by atoms with Gasteiger partial charge in [0.15, 0.2) is 0 Å². The smallest absolute Gasteiger partial charge is 0.119 e. The maximum atomic E-state index is 9.85. The average Bonchev–Trinajstić information content (AvgIpc) is 2.41. The van der Waals surface area contributed by atoms with Gasteiger partial charge >= 0.3 is 0 Å². The van der Waals surface area contributed by atoms with Crippen LogP contribution in [0, 0.1) is 0 Å². The van der Waals surface area contributed by atoms with Crippen LogP contribution in [0.1, 0.15) is 46.1 Å². The number of aliphatic hydroxyl groups excluding tert-OH is 1. The second-order valence-corrected chi connectivity index (χ2v) is 7.32. The molecule has 0 aliphatic carbocycles. The highest BCUT2D eigenvalue weighted by Gasteiger charge is 2.13. The van der Waals surface area contributed by atoms with E-state index in [4.69, 9.17) is 4.74 Å². The standard InChI is InChI=1S/C17H28O2S/c1-5-6-11-20-13-15(18)12-19-16-9-7-14(8-10-16)17(2,3)4/h7-10,15,18H,5-6,11-13H2,1-4H3. The van der Waals surface area contributed by atoms with Crippen molar-refractivity contribution in [1.82, 2.24) is 0 Å². The molecule has 0 radical (unpaired) electrons. The summed E-state index contributed by atoms with van der Waals surface area (Å²) in [6.07, 6.45) is 2.03. The van der Waals surface area contributed by atoms with E-state index in [0.717, 1.165) is 17.3 Å². The summed E-state index contributed by atoms with van der Waals surface area (Å²) in [5.74, 6) is 2.70. The second kappa shape index (κ2) is 8.58. The SMILES string of the molecule is CCCCSCC(O)COc1ccc(C(C)(C)C)cc1. The number of ether oxygens (including phenoxy) is 1. The molecule has 1 unspecified atom stereocenters. The van der Waals surface area contributed by atoms with Crippen molar-refractivity contribution in [2.75, 3.05) is 18.1 Å². The molecule has 0 bridgehead atoms. The zero-order chi connectivity index (χ0) is 15.0. The van der Waals surface area contributed by atoms with E-state index in [1.54, 1.807) is 11.8 Å². The summed E-state index contributed by atoms with van der Waals surface area (Å²) in [7, 11) is 0. The fourth-order valence-corrected chi connectivity index (χ4v) is 2.79. The Kier molecular flexibility index (Phi) is 7.46. The van der Waals surface area contributed by atoms with Crippen LogP contribution < -0.4 is 4.74 Å². The molecule has 0 fully saturated rings. The summed E-state index contributed by atoms with van der Waals surface area (Å²) in [4.78, 5) is 0. The monoisotopic (exact) mass is 296 g/mol.